The van der Waals surface area contributed by atoms with Gasteiger partial charge in [0.15, 0.2) is 10.9 Å². The Labute approximate surface area is 152 Å². The number of aryl methyl sites for hydroxylation is 1. The van der Waals surface area contributed by atoms with E-state index in [1.807, 2.05) is 60.1 Å². The van der Waals surface area contributed by atoms with Gasteiger partial charge in [0.05, 0.1) is 16.8 Å². The highest BCUT2D eigenvalue weighted by atomic mass is 79.9. The molecule has 2 aromatic carbocycles. The molecule has 3 rings (SSSR count). The molecule has 6 heteroatoms. The van der Waals surface area contributed by atoms with Crippen LogP contribution in [0.3, 0.4) is 0 Å². The number of rotatable bonds is 4. The van der Waals surface area contributed by atoms with Gasteiger partial charge < -0.3 is 4.57 Å². The lowest BCUT2D eigenvalue weighted by atomic mass is 10.2. The number of ketones is 1. The normalized spacial score (nSPS) is 10.5. The minimum atomic E-state index is 0. The minimum absolute atomic E-state index is 0. The average molecular weight is 442 g/mol. The summed E-state index contributed by atoms with van der Waals surface area (Å²) < 4.78 is 3.00. The van der Waals surface area contributed by atoms with E-state index in [4.69, 9.17) is 0 Å². The molecule has 1 heterocycles. The van der Waals surface area contributed by atoms with Gasteiger partial charge in [-0.15, -0.1) is 17.0 Å². The van der Waals surface area contributed by atoms with Crippen LogP contribution in [0.15, 0.2) is 58.2 Å². The predicted octanol–water partition coefficient (Wildman–Crippen LogP) is 4.89. The molecule has 0 saturated carbocycles. The van der Waals surface area contributed by atoms with Gasteiger partial charge in [0.2, 0.25) is 0 Å². The monoisotopic (exact) mass is 440 g/mol. The third-order valence-corrected chi connectivity index (χ3v) is 4.80. The summed E-state index contributed by atoms with van der Waals surface area (Å²) in [6, 6.07) is 15.4. The number of hydrogen-bond acceptors (Lipinski definition) is 3. The first-order chi connectivity index (χ1) is 10.1. The first-order valence-corrected chi connectivity index (χ1v) is 8.26. The molecule has 0 aliphatic rings. The Morgan fingerprint density at radius 2 is 1.86 bits per heavy atom. The largest absolute Gasteiger partial charge is 0.322 e. The van der Waals surface area contributed by atoms with Crippen molar-refractivity contribution in [3.63, 3.8) is 0 Å². The molecule has 0 fully saturated rings. The highest BCUT2D eigenvalue weighted by Gasteiger charge is 2.11. The van der Waals surface area contributed by atoms with Gasteiger partial charge in [0, 0.05) is 17.1 Å². The third kappa shape index (κ3) is 3.62. The summed E-state index contributed by atoms with van der Waals surface area (Å²) in [4.78, 5) is 16.7. The molecule has 0 N–H and O–H groups in total. The molecule has 0 bridgehead atoms. The van der Waals surface area contributed by atoms with Crippen LogP contribution in [0, 0.1) is 0 Å². The van der Waals surface area contributed by atoms with Crippen molar-refractivity contribution in [2.24, 2.45) is 7.05 Å². The smallest absolute Gasteiger partial charge is 0.173 e. The number of Topliss-reactive ketones (excluding diaryl/α,β-unsaturated/α-hetero) is 1. The maximum absolute atomic E-state index is 12.2. The highest BCUT2D eigenvalue weighted by Crippen LogP contribution is 2.23. The molecule has 0 radical (unpaired) electrons. The van der Waals surface area contributed by atoms with Crippen molar-refractivity contribution in [2.45, 2.75) is 5.16 Å². The Morgan fingerprint density at radius 3 is 2.55 bits per heavy atom. The summed E-state index contributed by atoms with van der Waals surface area (Å²) in [6.07, 6.45) is 0. The molecule has 114 valence electrons. The Hall–Kier alpha value is -1.11. The summed E-state index contributed by atoms with van der Waals surface area (Å²) >= 11 is 4.84. The van der Waals surface area contributed by atoms with Crippen LogP contribution < -0.4 is 0 Å². The Balaban J connectivity index is 0.00000176. The van der Waals surface area contributed by atoms with Crippen LogP contribution in [0.1, 0.15) is 10.4 Å². The number of hydrogen-bond donors (Lipinski definition) is 0. The summed E-state index contributed by atoms with van der Waals surface area (Å²) in [5, 5.41) is 0.863. The number of nitrogens with zero attached hydrogens (tertiary/aromatic N) is 2. The van der Waals surface area contributed by atoms with Gasteiger partial charge >= 0.3 is 0 Å². The van der Waals surface area contributed by atoms with Crippen molar-refractivity contribution in [3.8, 4) is 0 Å². The molecule has 0 spiro atoms. The predicted molar refractivity (Wildman–Crippen MR) is 100 cm³/mol. The standard InChI is InChI=1S/C16H13BrN2OS.BrH/c1-19-14-5-3-2-4-13(14)18-16(19)21-10-15(20)11-6-8-12(17)9-7-11;/h2-9H,10H2,1H3;1H. The lowest BCUT2D eigenvalue weighted by Gasteiger charge is -2.02. The summed E-state index contributed by atoms with van der Waals surface area (Å²) in [5.41, 5.74) is 2.76. The number of carbonyl (C=O) groups excluding carboxylic acids is 1. The van der Waals surface area contributed by atoms with Crippen molar-refractivity contribution in [3.05, 3.63) is 58.6 Å². The van der Waals surface area contributed by atoms with Gasteiger partial charge in [0.1, 0.15) is 0 Å². The van der Waals surface area contributed by atoms with Crippen LogP contribution in [0.25, 0.3) is 11.0 Å². The molecular weight excluding hydrogens is 428 g/mol. The maximum Gasteiger partial charge on any atom is 0.173 e. The number of imidazole rings is 1. The van der Waals surface area contributed by atoms with Gasteiger partial charge in [-0.1, -0.05) is 52.0 Å². The zero-order valence-corrected chi connectivity index (χ0v) is 15.9. The van der Waals surface area contributed by atoms with E-state index in [-0.39, 0.29) is 22.8 Å². The quantitative estimate of drug-likeness (QED) is 0.427. The van der Waals surface area contributed by atoms with E-state index >= 15 is 0 Å². The molecule has 0 atom stereocenters. The SMILES string of the molecule is Br.Cn1c(SCC(=O)c2ccc(Br)cc2)nc2ccccc21. The summed E-state index contributed by atoms with van der Waals surface area (Å²) in [5.74, 6) is 0.498. The highest BCUT2D eigenvalue weighted by molar-refractivity contribution is 9.10. The van der Waals surface area contributed by atoms with E-state index in [1.54, 1.807) is 0 Å². The van der Waals surface area contributed by atoms with Crippen LogP contribution in [-0.4, -0.2) is 21.1 Å². The molecule has 3 aromatic rings. The van der Waals surface area contributed by atoms with Crippen molar-refractivity contribution >= 4 is 61.5 Å². The van der Waals surface area contributed by atoms with Crippen LogP contribution >= 0.6 is 44.7 Å². The van der Waals surface area contributed by atoms with Crippen molar-refractivity contribution in [1.29, 1.82) is 0 Å². The second-order valence-corrected chi connectivity index (χ2v) is 6.52. The van der Waals surface area contributed by atoms with E-state index in [2.05, 4.69) is 20.9 Å². The van der Waals surface area contributed by atoms with Crippen LogP contribution in [0.2, 0.25) is 0 Å². The molecule has 22 heavy (non-hydrogen) atoms. The fourth-order valence-corrected chi connectivity index (χ4v) is 3.25. The third-order valence-electron chi connectivity index (χ3n) is 3.24. The van der Waals surface area contributed by atoms with Crippen LogP contribution in [0.5, 0.6) is 0 Å². The summed E-state index contributed by atoms with van der Waals surface area (Å²) in [6.45, 7) is 0. The van der Waals surface area contributed by atoms with Gasteiger partial charge in [0.25, 0.3) is 0 Å². The molecule has 0 unspecified atom stereocenters. The second-order valence-electron chi connectivity index (χ2n) is 4.66. The van der Waals surface area contributed by atoms with Gasteiger partial charge in [-0.2, -0.15) is 0 Å². The molecule has 1 aromatic heterocycles. The number of benzene rings is 2. The van der Waals surface area contributed by atoms with Crippen LogP contribution in [0.4, 0.5) is 0 Å². The van der Waals surface area contributed by atoms with Gasteiger partial charge in [-0.3, -0.25) is 4.79 Å². The molecule has 0 aliphatic heterocycles. The number of aromatic nitrogens is 2. The zero-order chi connectivity index (χ0) is 14.8. The second kappa shape index (κ2) is 7.44. The van der Waals surface area contributed by atoms with E-state index in [1.165, 1.54) is 11.8 Å². The number of halogens is 2. The fraction of sp³-hybridized carbons (Fsp3) is 0.125. The first kappa shape index (κ1) is 17.2. The maximum atomic E-state index is 12.2. The average Bonchev–Trinajstić information content (AvgIpc) is 2.82. The Kier molecular flexibility index (Phi) is 5.83. The van der Waals surface area contributed by atoms with E-state index < -0.39 is 0 Å². The lowest BCUT2D eigenvalue weighted by Crippen LogP contribution is -2.03. The van der Waals surface area contributed by atoms with Crippen molar-refractivity contribution in [1.82, 2.24) is 9.55 Å². The number of fused-ring (bicyclic) bond motifs is 1. The zero-order valence-electron chi connectivity index (χ0n) is 11.8. The van der Waals surface area contributed by atoms with E-state index in [0.29, 0.717) is 5.75 Å². The topological polar surface area (TPSA) is 34.9 Å². The molecular formula is C16H14Br2N2OS. The number of thioether (sulfide) groups is 1. The molecule has 0 aliphatic carbocycles. The molecule has 0 amide bonds. The van der Waals surface area contributed by atoms with E-state index in [0.717, 1.165) is 26.2 Å². The minimum Gasteiger partial charge on any atom is -0.322 e. The van der Waals surface area contributed by atoms with Crippen LogP contribution in [-0.2, 0) is 7.05 Å². The fourth-order valence-electron chi connectivity index (χ4n) is 2.10. The van der Waals surface area contributed by atoms with Gasteiger partial charge in [-0.05, 0) is 24.3 Å². The van der Waals surface area contributed by atoms with Gasteiger partial charge in [-0.25, -0.2) is 4.98 Å². The van der Waals surface area contributed by atoms with Crippen molar-refractivity contribution < 1.29 is 4.79 Å². The summed E-state index contributed by atoms with van der Waals surface area (Å²) in [7, 11) is 1.97. The first-order valence-electron chi connectivity index (χ1n) is 6.48. The number of carbonyl (C=O) groups is 1. The number of para-hydroxylation sites is 2. The molecule has 0 saturated heterocycles. The Morgan fingerprint density at radius 1 is 1.18 bits per heavy atom. The Bertz CT molecular complexity index is 800. The van der Waals surface area contributed by atoms with Crippen molar-refractivity contribution in [2.75, 3.05) is 5.75 Å². The van der Waals surface area contributed by atoms with E-state index in [9.17, 15) is 4.79 Å². The molecule has 3 nitrogen and oxygen atoms in total. The lowest BCUT2D eigenvalue weighted by molar-refractivity contribution is 0.102.